The molecule has 0 heterocycles. The average molecular weight is 218 g/mol. The van der Waals surface area contributed by atoms with Crippen LogP contribution in [-0.2, 0) is 19.3 Å². The molecule has 0 radical (unpaired) electrons. The van der Waals surface area contributed by atoms with E-state index >= 15 is 0 Å². The van der Waals surface area contributed by atoms with Crippen molar-refractivity contribution in [1.29, 1.82) is 0 Å². The molecule has 0 spiro atoms. The molecule has 0 atom stereocenters. The molecule has 0 aromatic heterocycles. The third-order valence-electron chi connectivity index (χ3n) is 0.800. The van der Waals surface area contributed by atoms with Crippen LogP contribution in [0.1, 0.15) is 6.92 Å². The molecule has 15 heavy (non-hydrogen) atoms. The molecule has 0 bridgehead atoms. The summed E-state index contributed by atoms with van der Waals surface area (Å²) in [4.78, 5) is 32.3. The molecule has 3 N–H and O–H groups in total. The van der Waals surface area contributed by atoms with E-state index in [1.165, 1.54) is 6.92 Å². The third kappa shape index (κ3) is 14.7. The Hall–Kier alpha value is -2.15. The molecule has 0 aliphatic heterocycles. The van der Waals surface area contributed by atoms with Crippen LogP contribution < -0.4 is 0 Å². The fraction of sp³-hybridized carbons (Fsp3) is 0.125. The van der Waals surface area contributed by atoms with Gasteiger partial charge in [-0.05, 0) is 6.92 Å². The molecule has 0 saturated carbocycles. The number of aliphatic carboxylic acids is 2. The Bertz CT molecular complexity index is 273. The standard InChI is InChI=1S/C4H4O4.C4H6O3/c5-3(6)1-2-4(7)8;1-3(2)4(5)7-6/h1-2H,(H,5,6)(H,7,8);6H,1H2,2H3. The molecule has 0 aliphatic carbocycles. The zero-order valence-corrected chi connectivity index (χ0v) is 7.84. The van der Waals surface area contributed by atoms with Crippen molar-refractivity contribution < 1.29 is 34.7 Å². The molecule has 0 saturated heterocycles. The van der Waals surface area contributed by atoms with Crippen molar-refractivity contribution in [3.63, 3.8) is 0 Å². The number of carboxylic acids is 2. The molecule has 84 valence electrons. The van der Waals surface area contributed by atoms with Gasteiger partial charge in [0.25, 0.3) is 0 Å². The van der Waals surface area contributed by atoms with Gasteiger partial charge in [-0.3, -0.25) is 4.89 Å². The number of rotatable bonds is 3. The maximum Gasteiger partial charge on any atom is 0.367 e. The number of carboxylic acid groups (broad SMARTS) is 2. The van der Waals surface area contributed by atoms with Crippen molar-refractivity contribution in [2.75, 3.05) is 0 Å². The van der Waals surface area contributed by atoms with E-state index in [0.29, 0.717) is 12.2 Å². The number of hydrogen-bond acceptors (Lipinski definition) is 5. The second kappa shape index (κ2) is 8.45. The van der Waals surface area contributed by atoms with Gasteiger partial charge in [0.05, 0.1) is 0 Å². The summed E-state index contributed by atoms with van der Waals surface area (Å²) in [5.41, 5.74) is 0.183. The largest absolute Gasteiger partial charge is 0.478 e. The van der Waals surface area contributed by atoms with E-state index in [1.807, 2.05) is 0 Å². The lowest BCUT2D eigenvalue weighted by atomic mass is 10.4. The summed E-state index contributed by atoms with van der Waals surface area (Å²) in [7, 11) is 0. The lowest BCUT2D eigenvalue weighted by Crippen LogP contribution is -1.99. The van der Waals surface area contributed by atoms with Gasteiger partial charge in [-0.2, -0.15) is 5.26 Å². The molecule has 0 aromatic rings. The van der Waals surface area contributed by atoms with Crippen LogP contribution in [0.3, 0.4) is 0 Å². The molecule has 0 amide bonds. The SMILES string of the molecule is C=C(C)C(=O)OO.O=C(O)C=CC(=O)O. The molecule has 0 unspecified atom stereocenters. The highest BCUT2D eigenvalue weighted by molar-refractivity contribution is 5.89. The number of carbonyl (C=O) groups is 3. The van der Waals surface area contributed by atoms with Gasteiger partial charge in [0, 0.05) is 17.7 Å². The summed E-state index contributed by atoms with van der Waals surface area (Å²) in [6, 6.07) is 0. The molecular formula is C8H10O7. The highest BCUT2D eigenvalue weighted by atomic mass is 17.1. The maximum atomic E-state index is 9.94. The minimum absolute atomic E-state index is 0.183. The second-order valence-electron chi connectivity index (χ2n) is 2.17. The van der Waals surface area contributed by atoms with E-state index in [9.17, 15) is 14.4 Å². The molecule has 0 aromatic carbocycles. The van der Waals surface area contributed by atoms with Crippen molar-refractivity contribution in [1.82, 2.24) is 0 Å². The predicted octanol–water partition coefficient (Wildman–Crippen LogP) is 0.290. The van der Waals surface area contributed by atoms with Crippen molar-refractivity contribution in [3.8, 4) is 0 Å². The fourth-order valence-electron chi connectivity index (χ4n) is 0.220. The number of hydrogen-bond donors (Lipinski definition) is 3. The van der Waals surface area contributed by atoms with Gasteiger partial charge in [-0.15, -0.1) is 0 Å². The minimum Gasteiger partial charge on any atom is -0.478 e. The van der Waals surface area contributed by atoms with Gasteiger partial charge >= 0.3 is 17.9 Å². The Labute approximate surface area is 84.8 Å². The van der Waals surface area contributed by atoms with Crippen LogP contribution in [0.25, 0.3) is 0 Å². The van der Waals surface area contributed by atoms with E-state index < -0.39 is 17.9 Å². The highest BCUT2D eigenvalue weighted by Gasteiger charge is 1.98. The van der Waals surface area contributed by atoms with Crippen LogP contribution in [0.2, 0.25) is 0 Å². The third-order valence-corrected chi connectivity index (χ3v) is 0.800. The van der Waals surface area contributed by atoms with Crippen LogP contribution in [0, 0.1) is 0 Å². The zero-order chi connectivity index (χ0) is 12.4. The Balaban J connectivity index is 0. The van der Waals surface area contributed by atoms with E-state index in [2.05, 4.69) is 11.5 Å². The molecule has 7 nitrogen and oxygen atoms in total. The first-order chi connectivity index (χ1) is 6.81. The van der Waals surface area contributed by atoms with Crippen LogP contribution >= 0.6 is 0 Å². The first kappa shape index (κ1) is 15.3. The summed E-state index contributed by atoms with van der Waals surface area (Å²) in [6.07, 6.45) is 1.12. The second-order valence-corrected chi connectivity index (χ2v) is 2.17. The van der Waals surface area contributed by atoms with E-state index in [4.69, 9.17) is 15.5 Å². The van der Waals surface area contributed by atoms with E-state index in [1.54, 1.807) is 0 Å². The quantitative estimate of drug-likeness (QED) is 0.353. The Morgan fingerprint density at radius 1 is 1.13 bits per heavy atom. The van der Waals surface area contributed by atoms with Gasteiger partial charge in [0.1, 0.15) is 0 Å². The minimum atomic E-state index is -1.26. The Morgan fingerprint density at radius 3 is 1.53 bits per heavy atom. The van der Waals surface area contributed by atoms with Gasteiger partial charge < -0.3 is 10.2 Å². The van der Waals surface area contributed by atoms with Crippen LogP contribution in [0.15, 0.2) is 24.3 Å². The van der Waals surface area contributed by atoms with Gasteiger partial charge in [-0.25, -0.2) is 14.4 Å². The molecular weight excluding hydrogens is 208 g/mol. The van der Waals surface area contributed by atoms with E-state index in [-0.39, 0.29) is 5.57 Å². The van der Waals surface area contributed by atoms with Crippen molar-refractivity contribution in [2.24, 2.45) is 0 Å². The first-order valence-corrected chi connectivity index (χ1v) is 3.46. The maximum absolute atomic E-state index is 9.94. The summed E-state index contributed by atoms with van der Waals surface area (Å²) in [5, 5.41) is 23.2. The fourth-order valence-corrected chi connectivity index (χ4v) is 0.220. The predicted molar refractivity (Wildman–Crippen MR) is 47.9 cm³/mol. The molecule has 7 heteroatoms. The lowest BCUT2D eigenvalue weighted by Gasteiger charge is -1.88. The normalized spacial score (nSPS) is 8.67. The first-order valence-electron chi connectivity index (χ1n) is 3.46. The van der Waals surface area contributed by atoms with Crippen molar-refractivity contribution in [3.05, 3.63) is 24.3 Å². The van der Waals surface area contributed by atoms with Gasteiger partial charge in [0.15, 0.2) is 0 Å². The van der Waals surface area contributed by atoms with Gasteiger partial charge in [-0.1, -0.05) is 6.58 Å². The smallest absolute Gasteiger partial charge is 0.367 e. The van der Waals surface area contributed by atoms with Crippen molar-refractivity contribution in [2.45, 2.75) is 6.92 Å². The molecule has 0 rings (SSSR count). The summed E-state index contributed by atoms with van der Waals surface area (Å²) < 4.78 is 0. The van der Waals surface area contributed by atoms with E-state index in [0.717, 1.165) is 0 Å². The summed E-state index contributed by atoms with van der Waals surface area (Å²) in [6.45, 7) is 4.63. The summed E-state index contributed by atoms with van der Waals surface area (Å²) in [5.74, 6) is -3.31. The van der Waals surface area contributed by atoms with Gasteiger partial charge in [0.2, 0.25) is 0 Å². The Kier molecular flexibility index (Phi) is 8.63. The van der Waals surface area contributed by atoms with Crippen LogP contribution in [0.5, 0.6) is 0 Å². The van der Waals surface area contributed by atoms with Crippen LogP contribution in [-0.4, -0.2) is 33.4 Å². The summed E-state index contributed by atoms with van der Waals surface area (Å²) >= 11 is 0. The van der Waals surface area contributed by atoms with Crippen LogP contribution in [0.4, 0.5) is 0 Å². The highest BCUT2D eigenvalue weighted by Crippen LogP contribution is 1.86. The molecule has 0 fully saturated rings. The topological polar surface area (TPSA) is 121 Å². The number of carbonyl (C=O) groups excluding carboxylic acids is 1. The monoisotopic (exact) mass is 218 g/mol. The van der Waals surface area contributed by atoms with Crippen molar-refractivity contribution >= 4 is 17.9 Å². The Morgan fingerprint density at radius 2 is 1.47 bits per heavy atom. The zero-order valence-electron chi connectivity index (χ0n) is 7.84. The average Bonchev–Trinajstić information content (AvgIpc) is 2.14. The lowest BCUT2D eigenvalue weighted by molar-refractivity contribution is -0.229. The molecule has 0 aliphatic rings.